The van der Waals surface area contributed by atoms with Gasteiger partial charge < -0.3 is 15.7 Å². The van der Waals surface area contributed by atoms with Crippen LogP contribution in [0.3, 0.4) is 0 Å². The monoisotopic (exact) mass is 435 g/mol. The number of phosphoric acid groups is 1. The molecule has 0 saturated carbocycles. The van der Waals surface area contributed by atoms with E-state index in [2.05, 4.69) is 23.6 Å². The Balaban J connectivity index is 3.39. The maximum atomic E-state index is 11.6. The Kier molecular flexibility index (Phi) is 18.8. The van der Waals surface area contributed by atoms with Crippen LogP contribution in [0.2, 0.25) is 0 Å². The van der Waals surface area contributed by atoms with Crippen molar-refractivity contribution in [2.75, 3.05) is 13.2 Å². The van der Waals surface area contributed by atoms with Gasteiger partial charge in [-0.1, -0.05) is 76.9 Å². The lowest BCUT2D eigenvalue weighted by Crippen LogP contribution is -2.34. The predicted octanol–water partition coefficient (Wildman–Crippen LogP) is 5.57. The molecule has 0 aliphatic carbocycles. The molecule has 1 unspecified atom stereocenters. The van der Waals surface area contributed by atoms with E-state index in [1.807, 2.05) is 0 Å². The van der Waals surface area contributed by atoms with Crippen molar-refractivity contribution >= 4 is 13.8 Å². The average molecular weight is 436 g/mol. The summed E-state index contributed by atoms with van der Waals surface area (Å²) in [4.78, 5) is 19.9. The van der Waals surface area contributed by atoms with E-state index in [1.54, 1.807) is 0 Å². The Morgan fingerprint density at radius 3 is 1.90 bits per heavy atom. The highest BCUT2D eigenvalue weighted by molar-refractivity contribution is 7.47. The Hall–Kier alpha value is -0.720. The fraction of sp³-hybridized carbons (Fsp3) is 0.857. The van der Waals surface area contributed by atoms with Crippen molar-refractivity contribution < 1.29 is 28.4 Å². The molecule has 0 spiro atoms. The van der Waals surface area contributed by atoms with Crippen LogP contribution in [0.25, 0.3) is 0 Å². The number of hydrogen-bond acceptors (Lipinski definition) is 5. The van der Waals surface area contributed by atoms with Crippen molar-refractivity contribution in [3.63, 3.8) is 0 Å². The molecule has 0 amide bonds. The highest BCUT2D eigenvalue weighted by Crippen LogP contribution is 2.43. The summed E-state index contributed by atoms with van der Waals surface area (Å²) in [5.41, 5.74) is 5.20. The van der Waals surface area contributed by atoms with Gasteiger partial charge in [0.15, 0.2) is 0 Å². The summed E-state index contributed by atoms with van der Waals surface area (Å²) in [6.07, 6.45) is 21.2. The third-order valence-corrected chi connectivity index (χ3v) is 5.63. The molecule has 2 atom stereocenters. The topological polar surface area (TPSA) is 119 Å². The summed E-state index contributed by atoms with van der Waals surface area (Å²) in [6.45, 7) is 1.79. The Labute approximate surface area is 176 Å². The largest absolute Gasteiger partial charge is 0.480 e. The van der Waals surface area contributed by atoms with Crippen LogP contribution in [0.5, 0.6) is 0 Å². The van der Waals surface area contributed by atoms with E-state index in [4.69, 9.17) is 15.4 Å². The van der Waals surface area contributed by atoms with Crippen LogP contribution in [0.4, 0.5) is 0 Å². The van der Waals surface area contributed by atoms with Crippen molar-refractivity contribution in [1.82, 2.24) is 0 Å². The zero-order valence-corrected chi connectivity index (χ0v) is 19.0. The molecule has 0 heterocycles. The molecule has 0 fully saturated rings. The summed E-state index contributed by atoms with van der Waals surface area (Å²) in [5.74, 6) is -1.29. The SMILES string of the molecule is CCCCCCCC/C=C\CCCCCCCCOP(=O)(O)OC[C@H](N)C(=O)O. The van der Waals surface area contributed by atoms with Crippen LogP contribution in [0.15, 0.2) is 12.2 Å². The van der Waals surface area contributed by atoms with E-state index in [1.165, 1.54) is 57.8 Å². The molecule has 0 rings (SSSR count). The van der Waals surface area contributed by atoms with E-state index >= 15 is 0 Å². The number of carboxylic acids is 1. The zero-order valence-electron chi connectivity index (χ0n) is 18.1. The van der Waals surface area contributed by atoms with Crippen molar-refractivity contribution in [2.24, 2.45) is 5.73 Å². The summed E-state index contributed by atoms with van der Waals surface area (Å²) in [6, 6.07) is -1.34. The molecule has 0 saturated heterocycles. The van der Waals surface area contributed by atoms with E-state index in [0.717, 1.165) is 25.7 Å². The van der Waals surface area contributed by atoms with E-state index in [-0.39, 0.29) is 6.61 Å². The van der Waals surface area contributed by atoms with Crippen LogP contribution in [0.1, 0.15) is 96.8 Å². The quantitative estimate of drug-likeness (QED) is 0.122. The highest BCUT2D eigenvalue weighted by Gasteiger charge is 2.24. The molecule has 0 bridgehead atoms. The molecule has 0 aromatic rings. The van der Waals surface area contributed by atoms with Gasteiger partial charge in [-0.3, -0.25) is 13.8 Å². The third kappa shape index (κ3) is 20.3. The molecule has 0 aliphatic rings. The van der Waals surface area contributed by atoms with Gasteiger partial charge in [0, 0.05) is 0 Å². The minimum atomic E-state index is -4.23. The maximum absolute atomic E-state index is 11.6. The maximum Gasteiger partial charge on any atom is 0.472 e. The molecule has 7 nitrogen and oxygen atoms in total. The lowest BCUT2D eigenvalue weighted by Gasteiger charge is -2.13. The van der Waals surface area contributed by atoms with Gasteiger partial charge in [-0.15, -0.1) is 0 Å². The Morgan fingerprint density at radius 1 is 0.897 bits per heavy atom. The van der Waals surface area contributed by atoms with Crippen LogP contribution in [-0.2, 0) is 18.4 Å². The molecule has 4 N–H and O–H groups in total. The van der Waals surface area contributed by atoms with Crippen molar-refractivity contribution in [2.45, 2.75) is 103 Å². The second kappa shape index (κ2) is 19.3. The van der Waals surface area contributed by atoms with E-state index in [9.17, 15) is 14.3 Å². The first-order chi connectivity index (χ1) is 13.9. The first kappa shape index (κ1) is 28.3. The molecule has 0 aromatic carbocycles. The molecule has 8 heteroatoms. The first-order valence-corrected chi connectivity index (χ1v) is 12.6. The number of hydrogen-bond donors (Lipinski definition) is 3. The predicted molar refractivity (Wildman–Crippen MR) is 117 cm³/mol. The van der Waals surface area contributed by atoms with Crippen LogP contribution in [-0.4, -0.2) is 35.2 Å². The number of aliphatic carboxylic acids is 1. The molecule has 172 valence electrons. The van der Waals surface area contributed by atoms with Gasteiger partial charge in [0.05, 0.1) is 13.2 Å². The second-order valence-corrected chi connectivity index (χ2v) is 8.93. The lowest BCUT2D eigenvalue weighted by molar-refractivity contribution is -0.139. The summed E-state index contributed by atoms with van der Waals surface area (Å²) >= 11 is 0. The molecule has 29 heavy (non-hydrogen) atoms. The normalized spacial score (nSPS) is 14.9. The minimum absolute atomic E-state index is 0.108. The number of carbonyl (C=O) groups is 1. The number of carboxylic acid groups (broad SMARTS) is 1. The van der Waals surface area contributed by atoms with Crippen molar-refractivity contribution in [3.8, 4) is 0 Å². The second-order valence-electron chi connectivity index (χ2n) is 7.48. The van der Waals surface area contributed by atoms with Gasteiger partial charge in [0.25, 0.3) is 0 Å². The van der Waals surface area contributed by atoms with Crippen LogP contribution < -0.4 is 5.73 Å². The first-order valence-electron chi connectivity index (χ1n) is 11.1. The van der Waals surface area contributed by atoms with Crippen LogP contribution in [0, 0.1) is 0 Å². The van der Waals surface area contributed by atoms with Gasteiger partial charge >= 0.3 is 13.8 Å². The summed E-state index contributed by atoms with van der Waals surface area (Å²) in [7, 11) is -4.23. The van der Waals surface area contributed by atoms with Crippen molar-refractivity contribution in [3.05, 3.63) is 12.2 Å². The number of unbranched alkanes of at least 4 members (excludes halogenated alkanes) is 12. The summed E-state index contributed by atoms with van der Waals surface area (Å²) < 4.78 is 20.9. The van der Waals surface area contributed by atoms with Crippen molar-refractivity contribution in [1.29, 1.82) is 0 Å². The van der Waals surface area contributed by atoms with Gasteiger partial charge in [0.1, 0.15) is 6.04 Å². The molecule has 0 radical (unpaired) electrons. The summed E-state index contributed by atoms with van der Waals surface area (Å²) in [5, 5.41) is 8.59. The van der Waals surface area contributed by atoms with Gasteiger partial charge in [-0.25, -0.2) is 4.57 Å². The number of phosphoric ester groups is 1. The van der Waals surface area contributed by atoms with Gasteiger partial charge in [-0.05, 0) is 32.1 Å². The van der Waals surface area contributed by atoms with Gasteiger partial charge in [0.2, 0.25) is 0 Å². The fourth-order valence-electron chi connectivity index (χ4n) is 2.81. The fourth-order valence-corrected chi connectivity index (χ4v) is 3.60. The van der Waals surface area contributed by atoms with Crippen LogP contribution >= 0.6 is 7.82 Å². The smallest absolute Gasteiger partial charge is 0.472 e. The Morgan fingerprint density at radius 2 is 1.38 bits per heavy atom. The zero-order chi connectivity index (χ0) is 21.8. The number of allylic oxidation sites excluding steroid dienone is 2. The van der Waals surface area contributed by atoms with E-state index in [0.29, 0.717) is 6.42 Å². The lowest BCUT2D eigenvalue weighted by atomic mass is 10.1. The minimum Gasteiger partial charge on any atom is -0.480 e. The third-order valence-electron chi connectivity index (χ3n) is 4.65. The molecule has 0 aromatic heterocycles. The Bertz CT molecular complexity index is 472. The molecule has 0 aliphatic heterocycles. The highest BCUT2D eigenvalue weighted by atomic mass is 31.2. The number of rotatable bonds is 21. The van der Waals surface area contributed by atoms with E-state index < -0.39 is 26.4 Å². The molecular weight excluding hydrogens is 393 g/mol. The average Bonchev–Trinajstić information content (AvgIpc) is 2.68. The number of nitrogens with two attached hydrogens (primary N) is 1. The molecular formula is C21H42NO6P. The standard InChI is InChI=1S/C21H42NO6P/c1-2-3-4-5-6-7-8-9-10-11-12-13-14-15-16-17-18-27-29(25,26)28-19-20(22)21(23)24/h9-10,20H,2-8,11-19,22H2,1H3,(H,23,24)(H,25,26)/b10-9-/t20-/m0/s1. The van der Waals surface area contributed by atoms with Gasteiger partial charge in [-0.2, -0.15) is 0 Å².